The van der Waals surface area contributed by atoms with Gasteiger partial charge in [0.15, 0.2) is 18.1 Å². The summed E-state index contributed by atoms with van der Waals surface area (Å²) in [5, 5.41) is 0. The van der Waals surface area contributed by atoms with E-state index < -0.39 is 0 Å². The first-order valence-electron chi connectivity index (χ1n) is 8.47. The number of esters is 1. The SMILES string of the molecule is CCOC(=O)C(/C=C/c1cccc[n+]1C)=C(C)\C=C1\CC=CC=[N+]1C. The second kappa shape index (κ2) is 8.92. The number of allylic oxidation sites excluding steroid dienone is 4. The fraction of sp³-hybridized carbons (Fsp3) is 0.286. The molecule has 0 bridgehead atoms. The molecule has 2 heterocycles. The molecule has 0 saturated heterocycles. The van der Waals surface area contributed by atoms with Crippen molar-refractivity contribution in [2.24, 2.45) is 7.05 Å². The number of carbonyl (C=O) groups excluding carboxylic acids is 1. The van der Waals surface area contributed by atoms with E-state index in [2.05, 4.69) is 10.7 Å². The third kappa shape index (κ3) is 5.11. The van der Waals surface area contributed by atoms with Crippen molar-refractivity contribution in [2.45, 2.75) is 20.3 Å². The zero-order valence-corrected chi connectivity index (χ0v) is 15.4. The minimum Gasteiger partial charge on any atom is -0.462 e. The van der Waals surface area contributed by atoms with Crippen LogP contribution >= 0.6 is 0 Å². The average molecular weight is 338 g/mol. The van der Waals surface area contributed by atoms with Crippen molar-refractivity contribution < 1.29 is 18.7 Å². The number of aryl methyl sites for hydroxylation is 1. The molecule has 0 N–H and O–H groups in total. The Morgan fingerprint density at radius 1 is 1.32 bits per heavy atom. The van der Waals surface area contributed by atoms with Gasteiger partial charge in [0, 0.05) is 24.3 Å². The number of nitrogens with zero attached hydrogens (tertiary/aromatic N) is 2. The normalized spacial score (nSPS) is 16.8. The molecule has 0 unspecified atom stereocenters. The van der Waals surface area contributed by atoms with Gasteiger partial charge in [0.2, 0.25) is 5.69 Å². The van der Waals surface area contributed by atoms with E-state index in [4.69, 9.17) is 4.74 Å². The molecule has 0 aromatic carbocycles. The summed E-state index contributed by atoms with van der Waals surface area (Å²) in [5.41, 5.74) is 3.61. The van der Waals surface area contributed by atoms with Gasteiger partial charge in [-0.25, -0.2) is 13.9 Å². The molecule has 25 heavy (non-hydrogen) atoms. The summed E-state index contributed by atoms with van der Waals surface area (Å²) >= 11 is 0. The minimum atomic E-state index is -0.301. The third-order valence-electron chi connectivity index (χ3n) is 4.04. The van der Waals surface area contributed by atoms with Crippen molar-refractivity contribution in [3.8, 4) is 0 Å². The van der Waals surface area contributed by atoms with E-state index in [1.807, 2.05) is 87.4 Å². The molecule has 1 aromatic heterocycles. The molecular weight excluding hydrogens is 312 g/mol. The van der Waals surface area contributed by atoms with Crippen LogP contribution in [0.5, 0.6) is 0 Å². The van der Waals surface area contributed by atoms with Crippen LogP contribution < -0.4 is 4.57 Å². The number of ether oxygens (including phenoxy) is 1. The highest BCUT2D eigenvalue weighted by Gasteiger charge is 2.15. The molecule has 0 radical (unpaired) electrons. The molecule has 0 atom stereocenters. The van der Waals surface area contributed by atoms with E-state index in [-0.39, 0.29) is 5.97 Å². The largest absolute Gasteiger partial charge is 0.462 e. The summed E-state index contributed by atoms with van der Waals surface area (Å²) in [6.45, 7) is 4.12. The van der Waals surface area contributed by atoms with Crippen LogP contribution in [0.4, 0.5) is 0 Å². The Bertz CT molecular complexity index is 796. The van der Waals surface area contributed by atoms with E-state index >= 15 is 0 Å². The standard InChI is InChI=1S/C21H26N2O2/c1-5-25-21(24)20(13-12-18-10-6-8-14-22(18)3)17(2)16-19-11-7-9-15-23(19)4/h6-10,12-16H,5,11H2,1-4H3/q+2/b13-12+,19-16-,20-17-. The second-order valence-electron chi connectivity index (χ2n) is 5.91. The summed E-state index contributed by atoms with van der Waals surface area (Å²) < 4.78 is 9.30. The summed E-state index contributed by atoms with van der Waals surface area (Å²) in [5.74, 6) is -0.301. The molecule has 0 spiro atoms. The highest BCUT2D eigenvalue weighted by atomic mass is 16.5. The molecule has 4 nitrogen and oxygen atoms in total. The molecule has 0 aliphatic carbocycles. The lowest BCUT2D eigenvalue weighted by Gasteiger charge is -2.07. The van der Waals surface area contributed by atoms with E-state index in [9.17, 15) is 4.79 Å². The van der Waals surface area contributed by atoms with Gasteiger partial charge in [0.05, 0.1) is 18.6 Å². The highest BCUT2D eigenvalue weighted by molar-refractivity contribution is 5.94. The van der Waals surface area contributed by atoms with Gasteiger partial charge in [0.1, 0.15) is 14.1 Å². The molecular formula is C21H26N2O2+2. The molecule has 2 rings (SSSR count). The monoisotopic (exact) mass is 338 g/mol. The van der Waals surface area contributed by atoms with Crippen LogP contribution in [0.3, 0.4) is 0 Å². The molecule has 0 saturated carbocycles. The Labute approximate surface area is 149 Å². The van der Waals surface area contributed by atoms with Gasteiger partial charge < -0.3 is 4.74 Å². The van der Waals surface area contributed by atoms with Gasteiger partial charge in [-0.1, -0.05) is 6.08 Å². The van der Waals surface area contributed by atoms with Crippen molar-refractivity contribution in [2.75, 3.05) is 13.7 Å². The second-order valence-corrected chi connectivity index (χ2v) is 5.91. The minimum absolute atomic E-state index is 0.301. The highest BCUT2D eigenvalue weighted by Crippen LogP contribution is 2.16. The van der Waals surface area contributed by atoms with Crippen LogP contribution in [0.2, 0.25) is 0 Å². The number of hydrogen-bond donors (Lipinski definition) is 0. The van der Waals surface area contributed by atoms with Gasteiger partial charge in [-0.05, 0) is 37.6 Å². The number of pyridine rings is 1. The van der Waals surface area contributed by atoms with Crippen LogP contribution in [0, 0.1) is 0 Å². The molecule has 0 amide bonds. The van der Waals surface area contributed by atoms with Gasteiger partial charge in [-0.2, -0.15) is 0 Å². The Hall–Kier alpha value is -2.75. The van der Waals surface area contributed by atoms with Gasteiger partial charge in [-0.15, -0.1) is 0 Å². The lowest BCUT2D eigenvalue weighted by molar-refractivity contribution is -0.673. The number of rotatable bonds is 5. The first-order valence-corrected chi connectivity index (χ1v) is 8.47. The molecule has 130 valence electrons. The van der Waals surface area contributed by atoms with Crippen LogP contribution in [-0.4, -0.2) is 30.4 Å². The smallest absolute Gasteiger partial charge is 0.338 e. The third-order valence-corrected chi connectivity index (χ3v) is 4.04. The fourth-order valence-corrected chi connectivity index (χ4v) is 2.55. The topological polar surface area (TPSA) is 33.2 Å². The van der Waals surface area contributed by atoms with Crippen LogP contribution in [0.1, 0.15) is 26.0 Å². The quantitative estimate of drug-likeness (QED) is 0.358. The van der Waals surface area contributed by atoms with Crippen molar-refractivity contribution >= 4 is 18.3 Å². The number of aromatic nitrogens is 1. The number of hydrogen-bond acceptors (Lipinski definition) is 2. The molecule has 0 fully saturated rings. The van der Waals surface area contributed by atoms with Gasteiger partial charge >= 0.3 is 5.97 Å². The predicted molar refractivity (Wildman–Crippen MR) is 100 cm³/mol. The predicted octanol–water partition coefficient (Wildman–Crippen LogP) is 2.96. The summed E-state index contributed by atoms with van der Waals surface area (Å²) in [6.07, 6.45) is 14.8. The lowest BCUT2D eigenvalue weighted by Crippen LogP contribution is -2.30. The maximum Gasteiger partial charge on any atom is 0.338 e. The van der Waals surface area contributed by atoms with Crippen molar-refractivity contribution in [1.29, 1.82) is 0 Å². The first kappa shape index (κ1) is 18.6. The average Bonchev–Trinajstić information content (AvgIpc) is 2.59. The van der Waals surface area contributed by atoms with Crippen molar-refractivity contribution in [3.63, 3.8) is 0 Å². The van der Waals surface area contributed by atoms with Crippen LogP contribution in [0.25, 0.3) is 6.08 Å². The first-order chi connectivity index (χ1) is 12.0. The van der Waals surface area contributed by atoms with Gasteiger partial charge in [0.25, 0.3) is 0 Å². The van der Waals surface area contributed by atoms with E-state index in [0.717, 1.165) is 23.4 Å². The van der Waals surface area contributed by atoms with Gasteiger partial charge in [-0.3, -0.25) is 0 Å². The Morgan fingerprint density at radius 3 is 2.80 bits per heavy atom. The van der Waals surface area contributed by atoms with Crippen molar-refractivity contribution in [3.05, 3.63) is 71.2 Å². The van der Waals surface area contributed by atoms with Crippen molar-refractivity contribution in [1.82, 2.24) is 0 Å². The fourth-order valence-electron chi connectivity index (χ4n) is 2.55. The zero-order chi connectivity index (χ0) is 18.2. The maximum absolute atomic E-state index is 12.4. The zero-order valence-electron chi connectivity index (χ0n) is 15.4. The molecule has 1 aliphatic heterocycles. The van der Waals surface area contributed by atoms with Crippen LogP contribution in [-0.2, 0) is 16.6 Å². The summed E-state index contributed by atoms with van der Waals surface area (Å²) in [4.78, 5) is 12.4. The Balaban J connectivity index is 2.40. The molecule has 4 heteroatoms. The van der Waals surface area contributed by atoms with E-state index in [1.54, 1.807) is 0 Å². The molecule has 1 aliphatic rings. The maximum atomic E-state index is 12.4. The number of carbonyl (C=O) groups is 1. The van der Waals surface area contributed by atoms with E-state index in [1.165, 1.54) is 0 Å². The van der Waals surface area contributed by atoms with E-state index in [0.29, 0.717) is 12.2 Å². The Morgan fingerprint density at radius 2 is 2.12 bits per heavy atom. The summed E-state index contributed by atoms with van der Waals surface area (Å²) in [7, 11) is 3.98. The lowest BCUT2D eigenvalue weighted by atomic mass is 10.1. The summed E-state index contributed by atoms with van der Waals surface area (Å²) in [6, 6.07) is 5.95. The van der Waals surface area contributed by atoms with Crippen LogP contribution in [0.15, 0.2) is 65.5 Å². The molecule has 1 aromatic rings. The Kier molecular flexibility index (Phi) is 6.63.